The highest BCUT2D eigenvalue weighted by molar-refractivity contribution is 6.31. The summed E-state index contributed by atoms with van der Waals surface area (Å²) in [5.41, 5.74) is 2.07. The standard InChI is InChI=1S/C18H27ClN2/c1-2-3-4-5-6-7-8-9-10-11-18-20-16-13-12-15(19)14-17(16)21-18/h12-14H,2-11H2,1H3,(H,20,21). The lowest BCUT2D eigenvalue weighted by molar-refractivity contribution is 0.562. The first-order valence-electron chi connectivity index (χ1n) is 8.43. The molecule has 0 amide bonds. The van der Waals surface area contributed by atoms with Gasteiger partial charge in [0.1, 0.15) is 5.82 Å². The fraction of sp³-hybridized carbons (Fsp3) is 0.611. The summed E-state index contributed by atoms with van der Waals surface area (Å²) in [7, 11) is 0. The lowest BCUT2D eigenvalue weighted by Gasteiger charge is -2.01. The number of H-pyrrole nitrogens is 1. The second kappa shape index (κ2) is 9.09. The molecule has 21 heavy (non-hydrogen) atoms. The number of nitrogens with one attached hydrogen (secondary N) is 1. The fourth-order valence-electron chi connectivity index (χ4n) is 2.76. The molecule has 0 fully saturated rings. The first-order chi connectivity index (χ1) is 10.3. The molecule has 0 saturated carbocycles. The van der Waals surface area contributed by atoms with Gasteiger partial charge in [0, 0.05) is 11.4 Å². The van der Waals surface area contributed by atoms with Gasteiger partial charge >= 0.3 is 0 Å². The zero-order chi connectivity index (χ0) is 14.9. The molecule has 0 radical (unpaired) electrons. The van der Waals surface area contributed by atoms with Gasteiger partial charge in [0.25, 0.3) is 0 Å². The number of rotatable bonds is 10. The van der Waals surface area contributed by atoms with Gasteiger partial charge in [-0.25, -0.2) is 4.98 Å². The molecule has 116 valence electrons. The molecule has 0 aliphatic heterocycles. The van der Waals surface area contributed by atoms with Crippen LogP contribution in [0, 0.1) is 0 Å². The maximum Gasteiger partial charge on any atom is 0.107 e. The number of hydrogen-bond donors (Lipinski definition) is 1. The quantitative estimate of drug-likeness (QED) is 0.513. The lowest BCUT2D eigenvalue weighted by Crippen LogP contribution is -1.88. The van der Waals surface area contributed by atoms with Crippen molar-refractivity contribution < 1.29 is 0 Å². The molecule has 1 N–H and O–H groups in total. The van der Waals surface area contributed by atoms with Crippen molar-refractivity contribution in [3.8, 4) is 0 Å². The van der Waals surface area contributed by atoms with Crippen LogP contribution in [0.15, 0.2) is 18.2 Å². The van der Waals surface area contributed by atoms with E-state index in [0.29, 0.717) is 0 Å². The third-order valence-electron chi connectivity index (χ3n) is 4.01. The third-order valence-corrected chi connectivity index (χ3v) is 4.25. The van der Waals surface area contributed by atoms with E-state index < -0.39 is 0 Å². The Morgan fingerprint density at radius 2 is 1.62 bits per heavy atom. The van der Waals surface area contributed by atoms with Gasteiger partial charge in [-0.2, -0.15) is 0 Å². The maximum absolute atomic E-state index is 5.99. The van der Waals surface area contributed by atoms with Crippen LogP contribution >= 0.6 is 11.6 Å². The minimum Gasteiger partial charge on any atom is -0.342 e. The van der Waals surface area contributed by atoms with Crippen LogP contribution in [0.5, 0.6) is 0 Å². The number of fused-ring (bicyclic) bond motifs is 1. The second-order valence-corrected chi connectivity index (χ2v) is 6.36. The van der Waals surface area contributed by atoms with E-state index in [9.17, 15) is 0 Å². The Bertz CT molecular complexity index is 533. The molecule has 2 aromatic rings. The largest absolute Gasteiger partial charge is 0.342 e. The van der Waals surface area contributed by atoms with E-state index >= 15 is 0 Å². The van der Waals surface area contributed by atoms with Crippen LogP contribution in [0.25, 0.3) is 11.0 Å². The molecule has 0 atom stereocenters. The molecule has 1 aromatic carbocycles. The van der Waals surface area contributed by atoms with Crippen molar-refractivity contribution in [3.05, 3.63) is 29.0 Å². The number of halogens is 1. The summed E-state index contributed by atoms with van der Waals surface area (Å²) < 4.78 is 0. The molecule has 0 spiro atoms. The number of unbranched alkanes of at least 4 members (excludes halogenated alkanes) is 8. The van der Waals surface area contributed by atoms with Crippen molar-refractivity contribution >= 4 is 22.6 Å². The summed E-state index contributed by atoms with van der Waals surface area (Å²) in [4.78, 5) is 7.97. The Kier molecular flexibility index (Phi) is 7.08. The number of imidazole rings is 1. The molecule has 2 rings (SSSR count). The second-order valence-electron chi connectivity index (χ2n) is 5.92. The Labute approximate surface area is 133 Å². The van der Waals surface area contributed by atoms with Crippen LogP contribution in [0.3, 0.4) is 0 Å². The van der Waals surface area contributed by atoms with Crippen LogP contribution in [0.1, 0.15) is 70.5 Å². The van der Waals surface area contributed by atoms with E-state index in [0.717, 1.165) is 28.3 Å². The Balaban J connectivity index is 1.59. The summed E-state index contributed by atoms with van der Waals surface area (Å²) >= 11 is 5.99. The fourth-order valence-corrected chi connectivity index (χ4v) is 2.93. The Morgan fingerprint density at radius 1 is 0.952 bits per heavy atom. The third kappa shape index (κ3) is 5.70. The van der Waals surface area contributed by atoms with Crippen LogP contribution in [0.2, 0.25) is 5.02 Å². The van der Waals surface area contributed by atoms with Gasteiger partial charge in [-0.15, -0.1) is 0 Å². The molecule has 3 heteroatoms. The van der Waals surface area contributed by atoms with E-state index in [4.69, 9.17) is 11.6 Å². The van der Waals surface area contributed by atoms with Crippen molar-refractivity contribution in [2.75, 3.05) is 0 Å². The monoisotopic (exact) mass is 306 g/mol. The Morgan fingerprint density at radius 3 is 2.33 bits per heavy atom. The predicted octanol–water partition coefficient (Wildman–Crippen LogP) is 6.29. The van der Waals surface area contributed by atoms with Crippen molar-refractivity contribution in [2.24, 2.45) is 0 Å². The van der Waals surface area contributed by atoms with Crippen LogP contribution < -0.4 is 0 Å². The molecule has 0 bridgehead atoms. The van der Waals surface area contributed by atoms with E-state index in [-0.39, 0.29) is 0 Å². The summed E-state index contributed by atoms with van der Waals surface area (Å²) in [6.07, 6.45) is 13.3. The Hall–Kier alpha value is -1.02. The summed E-state index contributed by atoms with van der Waals surface area (Å²) in [5.74, 6) is 1.09. The van der Waals surface area contributed by atoms with E-state index in [1.165, 1.54) is 57.8 Å². The molecule has 0 aliphatic rings. The molecule has 1 heterocycles. The minimum absolute atomic E-state index is 0.765. The first kappa shape index (κ1) is 16.4. The minimum atomic E-state index is 0.765. The van der Waals surface area contributed by atoms with Gasteiger partial charge in [-0.05, 0) is 24.6 Å². The highest BCUT2D eigenvalue weighted by atomic mass is 35.5. The van der Waals surface area contributed by atoms with E-state index in [1.54, 1.807) is 0 Å². The number of aromatic nitrogens is 2. The molecule has 0 aliphatic carbocycles. The van der Waals surface area contributed by atoms with E-state index in [1.807, 2.05) is 18.2 Å². The molecule has 1 aromatic heterocycles. The SMILES string of the molecule is CCCCCCCCCCCc1nc2ccc(Cl)cc2[nH]1. The van der Waals surface area contributed by atoms with Crippen molar-refractivity contribution in [1.82, 2.24) is 9.97 Å². The first-order valence-corrected chi connectivity index (χ1v) is 8.81. The van der Waals surface area contributed by atoms with Crippen LogP contribution in [-0.4, -0.2) is 9.97 Å². The van der Waals surface area contributed by atoms with Gasteiger partial charge in [0.05, 0.1) is 11.0 Å². The number of hydrogen-bond acceptors (Lipinski definition) is 1. The highest BCUT2D eigenvalue weighted by Gasteiger charge is 2.03. The van der Waals surface area contributed by atoms with Gasteiger partial charge in [0.15, 0.2) is 0 Å². The number of aromatic amines is 1. The average molecular weight is 307 g/mol. The summed E-state index contributed by atoms with van der Waals surface area (Å²) in [5, 5.41) is 0.765. The van der Waals surface area contributed by atoms with Crippen molar-refractivity contribution in [2.45, 2.75) is 71.1 Å². The van der Waals surface area contributed by atoms with Crippen LogP contribution in [0.4, 0.5) is 0 Å². The molecular weight excluding hydrogens is 280 g/mol. The van der Waals surface area contributed by atoms with Gasteiger partial charge < -0.3 is 4.98 Å². The molecular formula is C18H27ClN2. The predicted molar refractivity (Wildman–Crippen MR) is 92.0 cm³/mol. The number of nitrogens with zero attached hydrogens (tertiary/aromatic N) is 1. The smallest absolute Gasteiger partial charge is 0.107 e. The van der Waals surface area contributed by atoms with Crippen molar-refractivity contribution in [3.63, 3.8) is 0 Å². The number of aryl methyl sites for hydroxylation is 1. The van der Waals surface area contributed by atoms with E-state index in [2.05, 4.69) is 16.9 Å². The zero-order valence-corrected chi connectivity index (χ0v) is 13.9. The van der Waals surface area contributed by atoms with Crippen LogP contribution in [-0.2, 0) is 6.42 Å². The van der Waals surface area contributed by atoms with Gasteiger partial charge in [-0.1, -0.05) is 69.9 Å². The van der Waals surface area contributed by atoms with Crippen molar-refractivity contribution in [1.29, 1.82) is 0 Å². The topological polar surface area (TPSA) is 28.7 Å². The molecule has 0 saturated heterocycles. The number of benzene rings is 1. The molecule has 2 nitrogen and oxygen atoms in total. The normalized spacial score (nSPS) is 11.3. The summed E-state index contributed by atoms with van der Waals surface area (Å²) in [6, 6.07) is 5.82. The highest BCUT2D eigenvalue weighted by Crippen LogP contribution is 2.18. The lowest BCUT2D eigenvalue weighted by atomic mass is 10.1. The zero-order valence-electron chi connectivity index (χ0n) is 13.1. The van der Waals surface area contributed by atoms with Gasteiger partial charge in [0.2, 0.25) is 0 Å². The average Bonchev–Trinajstić information content (AvgIpc) is 2.87. The molecule has 0 unspecified atom stereocenters. The summed E-state index contributed by atoms with van der Waals surface area (Å²) in [6.45, 7) is 2.27. The maximum atomic E-state index is 5.99. The van der Waals surface area contributed by atoms with Gasteiger partial charge in [-0.3, -0.25) is 0 Å².